The number of rotatable bonds is 7. The van der Waals surface area contributed by atoms with E-state index in [0.717, 1.165) is 31.5 Å². The molecule has 0 aromatic heterocycles. The molecule has 1 saturated carbocycles. The average molecular weight is 392 g/mol. The first kappa shape index (κ1) is 20.7. The van der Waals surface area contributed by atoms with Crippen molar-refractivity contribution < 1.29 is 19.0 Å². The molecule has 1 saturated heterocycles. The van der Waals surface area contributed by atoms with Gasteiger partial charge in [0.2, 0.25) is 0 Å². The van der Waals surface area contributed by atoms with Gasteiger partial charge in [0.25, 0.3) is 0 Å². The van der Waals surface area contributed by atoms with Crippen LogP contribution in [0.1, 0.15) is 43.7 Å². The normalized spacial score (nSPS) is 19.6. The van der Waals surface area contributed by atoms with Gasteiger partial charge in [0.05, 0.1) is 33.5 Å². The van der Waals surface area contributed by atoms with Gasteiger partial charge in [-0.05, 0) is 30.5 Å². The van der Waals surface area contributed by atoms with Crippen molar-refractivity contribution in [1.29, 1.82) is 0 Å². The minimum Gasteiger partial charge on any atom is -0.493 e. The van der Waals surface area contributed by atoms with E-state index in [0.29, 0.717) is 37.3 Å². The van der Waals surface area contributed by atoms with Crippen LogP contribution in [0.3, 0.4) is 0 Å². The van der Waals surface area contributed by atoms with Gasteiger partial charge in [0.1, 0.15) is 0 Å². The van der Waals surface area contributed by atoms with Crippen molar-refractivity contribution in [1.82, 2.24) is 15.5 Å². The molecule has 156 valence electrons. The van der Waals surface area contributed by atoms with Gasteiger partial charge < -0.3 is 24.8 Å². The maximum absolute atomic E-state index is 12.4. The van der Waals surface area contributed by atoms with Crippen LogP contribution < -0.4 is 20.1 Å². The lowest BCUT2D eigenvalue weighted by Gasteiger charge is -2.35. The quantitative estimate of drug-likeness (QED) is 0.748. The average Bonchev–Trinajstić information content (AvgIpc) is 2.75. The van der Waals surface area contributed by atoms with Crippen LogP contribution in [0.2, 0.25) is 0 Å². The van der Waals surface area contributed by atoms with E-state index in [1.807, 2.05) is 18.2 Å². The number of methoxy groups -OCH3 is 2. The van der Waals surface area contributed by atoms with Gasteiger partial charge in [0, 0.05) is 25.7 Å². The first-order chi connectivity index (χ1) is 13.7. The monoisotopic (exact) mass is 391 g/mol. The highest BCUT2D eigenvalue weighted by atomic mass is 16.5. The molecule has 3 rings (SSSR count). The van der Waals surface area contributed by atoms with Crippen molar-refractivity contribution in [2.75, 3.05) is 47.1 Å². The van der Waals surface area contributed by atoms with Crippen molar-refractivity contribution in [3.63, 3.8) is 0 Å². The van der Waals surface area contributed by atoms with E-state index >= 15 is 0 Å². The van der Waals surface area contributed by atoms with Gasteiger partial charge in [-0.25, -0.2) is 4.79 Å². The Labute approximate surface area is 167 Å². The lowest BCUT2D eigenvalue weighted by Crippen LogP contribution is -2.47. The molecular weight excluding hydrogens is 358 g/mol. The summed E-state index contributed by atoms with van der Waals surface area (Å²) in [5.74, 6) is 1.40. The van der Waals surface area contributed by atoms with Crippen LogP contribution in [0, 0.1) is 0 Å². The summed E-state index contributed by atoms with van der Waals surface area (Å²) in [5, 5.41) is 6.22. The fourth-order valence-corrected chi connectivity index (χ4v) is 4.08. The van der Waals surface area contributed by atoms with Crippen LogP contribution >= 0.6 is 0 Å². The maximum atomic E-state index is 12.4. The molecule has 1 aliphatic heterocycles. The number of carbonyl (C=O) groups excluding carboxylic acids is 1. The van der Waals surface area contributed by atoms with E-state index in [1.54, 1.807) is 14.2 Å². The number of carbonyl (C=O) groups is 1. The number of hydrogen-bond donors (Lipinski definition) is 2. The zero-order valence-electron chi connectivity index (χ0n) is 17.0. The molecule has 28 heavy (non-hydrogen) atoms. The van der Waals surface area contributed by atoms with Crippen LogP contribution in [0.15, 0.2) is 18.2 Å². The van der Waals surface area contributed by atoms with Crippen molar-refractivity contribution in [3.05, 3.63) is 23.8 Å². The molecule has 1 aromatic carbocycles. The summed E-state index contributed by atoms with van der Waals surface area (Å²) in [4.78, 5) is 14.8. The third-order valence-corrected chi connectivity index (χ3v) is 5.68. The molecule has 0 bridgehead atoms. The Morgan fingerprint density at radius 3 is 2.54 bits per heavy atom. The SMILES string of the molecule is COc1ccc([C@H](CNC(=O)NC2CCCCC2)N2CCOCC2)cc1OC. The topological polar surface area (TPSA) is 72.1 Å². The summed E-state index contributed by atoms with van der Waals surface area (Å²) >= 11 is 0. The Bertz CT molecular complexity index is 628. The highest BCUT2D eigenvalue weighted by Crippen LogP contribution is 2.32. The minimum atomic E-state index is -0.0781. The number of ether oxygens (including phenoxy) is 3. The first-order valence-corrected chi connectivity index (χ1v) is 10.3. The van der Waals surface area contributed by atoms with E-state index in [-0.39, 0.29) is 12.1 Å². The molecule has 0 unspecified atom stereocenters. The smallest absolute Gasteiger partial charge is 0.315 e. The minimum absolute atomic E-state index is 0.0563. The van der Waals surface area contributed by atoms with E-state index in [4.69, 9.17) is 14.2 Å². The second kappa shape index (κ2) is 10.5. The molecule has 0 radical (unpaired) electrons. The summed E-state index contributed by atoms with van der Waals surface area (Å²) in [7, 11) is 3.27. The zero-order chi connectivity index (χ0) is 19.8. The number of morpholine rings is 1. The molecule has 2 aliphatic rings. The second-order valence-electron chi connectivity index (χ2n) is 7.47. The van der Waals surface area contributed by atoms with Crippen LogP contribution in [-0.2, 0) is 4.74 Å². The molecule has 1 aliphatic carbocycles. The molecule has 7 nitrogen and oxygen atoms in total. The highest BCUT2D eigenvalue weighted by molar-refractivity contribution is 5.74. The first-order valence-electron chi connectivity index (χ1n) is 10.3. The Hall–Kier alpha value is -1.99. The van der Waals surface area contributed by atoms with Crippen LogP contribution in [0.5, 0.6) is 11.5 Å². The largest absolute Gasteiger partial charge is 0.493 e. The Morgan fingerprint density at radius 1 is 1.14 bits per heavy atom. The fraction of sp³-hybridized carbons (Fsp3) is 0.667. The Balaban J connectivity index is 1.67. The summed E-state index contributed by atoms with van der Waals surface area (Å²) in [6.07, 6.45) is 5.84. The number of nitrogens with zero attached hydrogens (tertiary/aromatic N) is 1. The van der Waals surface area contributed by atoms with Gasteiger partial charge in [-0.2, -0.15) is 0 Å². The van der Waals surface area contributed by atoms with E-state index in [9.17, 15) is 4.79 Å². The van der Waals surface area contributed by atoms with Gasteiger partial charge in [0.15, 0.2) is 11.5 Å². The number of amides is 2. The lowest BCUT2D eigenvalue weighted by atomic mass is 9.96. The van der Waals surface area contributed by atoms with Gasteiger partial charge >= 0.3 is 6.03 Å². The fourth-order valence-electron chi connectivity index (χ4n) is 4.08. The number of benzene rings is 1. The molecule has 1 atom stereocenters. The van der Waals surface area contributed by atoms with Gasteiger partial charge in [-0.15, -0.1) is 0 Å². The highest BCUT2D eigenvalue weighted by Gasteiger charge is 2.25. The molecule has 2 fully saturated rings. The van der Waals surface area contributed by atoms with E-state index in [1.165, 1.54) is 19.3 Å². The summed E-state index contributed by atoms with van der Waals surface area (Å²) < 4.78 is 16.3. The third kappa shape index (κ3) is 5.52. The van der Waals surface area contributed by atoms with Gasteiger partial charge in [-0.1, -0.05) is 25.3 Å². The molecular formula is C21H33N3O4. The number of hydrogen-bond acceptors (Lipinski definition) is 5. The van der Waals surface area contributed by atoms with E-state index < -0.39 is 0 Å². The third-order valence-electron chi connectivity index (χ3n) is 5.68. The van der Waals surface area contributed by atoms with Crippen molar-refractivity contribution in [2.45, 2.75) is 44.2 Å². The lowest BCUT2D eigenvalue weighted by molar-refractivity contribution is 0.0166. The standard InChI is InChI=1S/C21H33N3O4/c1-26-19-9-8-16(14-20(19)27-2)18(24-10-12-28-13-11-24)15-22-21(25)23-17-6-4-3-5-7-17/h8-9,14,17-18H,3-7,10-13,15H2,1-2H3,(H2,22,23,25)/t18-/m0/s1. The maximum Gasteiger partial charge on any atom is 0.315 e. The predicted octanol–water partition coefficient (Wildman–Crippen LogP) is 2.71. The Kier molecular flexibility index (Phi) is 7.80. The van der Waals surface area contributed by atoms with Crippen LogP contribution in [0.25, 0.3) is 0 Å². The van der Waals surface area contributed by atoms with Crippen molar-refractivity contribution in [3.8, 4) is 11.5 Å². The molecule has 7 heteroatoms. The molecule has 2 amide bonds. The summed E-state index contributed by atoms with van der Waals surface area (Å²) in [5.41, 5.74) is 1.09. The van der Waals surface area contributed by atoms with Crippen LogP contribution in [-0.4, -0.2) is 64.0 Å². The number of nitrogens with one attached hydrogen (secondary N) is 2. The van der Waals surface area contributed by atoms with Crippen molar-refractivity contribution in [2.24, 2.45) is 0 Å². The molecule has 1 heterocycles. The summed E-state index contributed by atoms with van der Waals surface area (Å²) in [6.45, 7) is 3.63. The van der Waals surface area contributed by atoms with E-state index in [2.05, 4.69) is 15.5 Å². The molecule has 0 spiro atoms. The second-order valence-corrected chi connectivity index (χ2v) is 7.47. The number of urea groups is 1. The molecule has 1 aromatic rings. The van der Waals surface area contributed by atoms with Crippen molar-refractivity contribution >= 4 is 6.03 Å². The predicted molar refractivity (Wildman–Crippen MR) is 108 cm³/mol. The molecule has 2 N–H and O–H groups in total. The zero-order valence-corrected chi connectivity index (χ0v) is 17.0. The van der Waals surface area contributed by atoms with Crippen LogP contribution in [0.4, 0.5) is 4.79 Å². The summed E-state index contributed by atoms with van der Waals surface area (Å²) in [6, 6.07) is 6.24. The van der Waals surface area contributed by atoms with Gasteiger partial charge in [-0.3, -0.25) is 4.90 Å². The Morgan fingerprint density at radius 2 is 1.86 bits per heavy atom.